The molecule has 1 aliphatic rings. The molecule has 0 spiro atoms. The number of nitrogens with zero attached hydrogens (tertiary/aromatic N) is 2. The average Bonchev–Trinajstić information content (AvgIpc) is 2.81. The van der Waals surface area contributed by atoms with E-state index in [4.69, 9.17) is 23.2 Å². The summed E-state index contributed by atoms with van der Waals surface area (Å²) < 4.78 is 0. The summed E-state index contributed by atoms with van der Waals surface area (Å²) in [7, 11) is 0. The van der Waals surface area contributed by atoms with Crippen LogP contribution in [0, 0.1) is 0 Å². The fraction of sp³-hybridized carbons (Fsp3) is 0.583. The van der Waals surface area contributed by atoms with E-state index in [-0.39, 0.29) is 0 Å². The molecule has 1 aromatic heterocycles. The predicted octanol–water partition coefficient (Wildman–Crippen LogP) is 3.72. The lowest BCUT2D eigenvalue weighted by Crippen LogP contribution is -2.35. The number of aromatic nitrogens is 1. The first-order chi connectivity index (χ1) is 7.81. The van der Waals surface area contributed by atoms with Crippen LogP contribution in [0.3, 0.4) is 0 Å². The molecule has 4 heteroatoms. The first-order valence-corrected chi connectivity index (χ1v) is 6.66. The van der Waals surface area contributed by atoms with E-state index < -0.39 is 0 Å². The van der Waals surface area contributed by atoms with Crippen molar-refractivity contribution in [2.45, 2.75) is 31.7 Å². The summed E-state index contributed by atoms with van der Waals surface area (Å²) in [6.07, 6.45) is 6.84. The molecule has 0 aromatic carbocycles. The van der Waals surface area contributed by atoms with E-state index >= 15 is 0 Å². The van der Waals surface area contributed by atoms with Crippen molar-refractivity contribution in [3.63, 3.8) is 0 Å². The molecule has 1 fully saturated rings. The highest BCUT2D eigenvalue weighted by Gasteiger charge is 2.22. The van der Waals surface area contributed by atoms with Gasteiger partial charge in [-0.3, -0.25) is 0 Å². The van der Waals surface area contributed by atoms with Crippen LogP contribution < -0.4 is 4.90 Å². The quantitative estimate of drug-likeness (QED) is 0.766. The van der Waals surface area contributed by atoms with Gasteiger partial charge in [-0.25, -0.2) is 4.98 Å². The number of hydrogen-bond donors (Lipinski definition) is 0. The summed E-state index contributed by atoms with van der Waals surface area (Å²) in [6, 6.07) is 4.47. The highest BCUT2D eigenvalue weighted by molar-refractivity contribution is 6.30. The molecule has 0 unspecified atom stereocenters. The van der Waals surface area contributed by atoms with Crippen LogP contribution in [-0.4, -0.2) is 23.5 Å². The fourth-order valence-corrected chi connectivity index (χ4v) is 2.62. The molecule has 88 valence electrons. The van der Waals surface area contributed by atoms with Crippen molar-refractivity contribution in [2.24, 2.45) is 0 Å². The number of alkyl halides is 1. The first kappa shape index (κ1) is 12.0. The van der Waals surface area contributed by atoms with Gasteiger partial charge in [-0.15, -0.1) is 11.6 Å². The third kappa shape index (κ3) is 2.80. The maximum absolute atomic E-state index is 5.86. The third-order valence-electron chi connectivity index (χ3n) is 3.10. The summed E-state index contributed by atoms with van der Waals surface area (Å²) >= 11 is 11.7. The van der Waals surface area contributed by atoms with Crippen LogP contribution >= 0.6 is 23.2 Å². The molecule has 0 N–H and O–H groups in total. The second-order valence-corrected chi connectivity index (χ2v) is 4.97. The Labute approximate surface area is 107 Å². The highest BCUT2D eigenvalue weighted by Crippen LogP contribution is 2.27. The van der Waals surface area contributed by atoms with Gasteiger partial charge in [0.1, 0.15) is 5.82 Å². The van der Waals surface area contributed by atoms with Gasteiger partial charge in [-0.05, 0) is 25.0 Å². The lowest BCUT2D eigenvalue weighted by atomic mass is 10.2. The number of hydrogen-bond acceptors (Lipinski definition) is 2. The summed E-state index contributed by atoms with van der Waals surface area (Å²) in [5.74, 6) is 1.64. The Bertz CT molecular complexity index is 320. The van der Waals surface area contributed by atoms with Gasteiger partial charge in [-0.1, -0.05) is 24.4 Å². The predicted molar refractivity (Wildman–Crippen MR) is 69.6 cm³/mol. The Morgan fingerprint density at radius 2 is 2.06 bits per heavy atom. The summed E-state index contributed by atoms with van der Waals surface area (Å²) in [5.41, 5.74) is 0. The Morgan fingerprint density at radius 1 is 1.31 bits per heavy atom. The van der Waals surface area contributed by atoms with Crippen LogP contribution in [-0.2, 0) is 0 Å². The number of pyridine rings is 1. The van der Waals surface area contributed by atoms with E-state index in [0.29, 0.717) is 16.9 Å². The largest absolute Gasteiger partial charge is 0.352 e. The molecular weight excluding hydrogens is 243 g/mol. The van der Waals surface area contributed by atoms with E-state index in [1.807, 2.05) is 12.1 Å². The standard InChI is InChI=1S/C12H16Cl2N2/c13-7-8-16(11-3-1-2-4-11)12-6-5-10(14)9-15-12/h5-6,9,11H,1-4,7-8H2. The zero-order valence-corrected chi connectivity index (χ0v) is 10.7. The molecule has 16 heavy (non-hydrogen) atoms. The van der Waals surface area contributed by atoms with Crippen LogP contribution in [0.25, 0.3) is 0 Å². The van der Waals surface area contributed by atoms with Gasteiger partial charge in [0.2, 0.25) is 0 Å². The molecule has 0 amide bonds. The smallest absolute Gasteiger partial charge is 0.128 e. The third-order valence-corrected chi connectivity index (χ3v) is 3.49. The van der Waals surface area contributed by atoms with Gasteiger partial charge in [0, 0.05) is 24.7 Å². The SMILES string of the molecule is ClCCN(c1ccc(Cl)cn1)C1CCCC1. The van der Waals surface area contributed by atoms with E-state index in [1.165, 1.54) is 25.7 Å². The maximum atomic E-state index is 5.86. The van der Waals surface area contributed by atoms with Gasteiger partial charge in [0.25, 0.3) is 0 Å². The molecule has 1 aliphatic carbocycles. The molecule has 1 saturated carbocycles. The van der Waals surface area contributed by atoms with Crippen LogP contribution in [0.5, 0.6) is 0 Å². The Kier molecular flexibility index (Phi) is 4.30. The zero-order valence-electron chi connectivity index (χ0n) is 9.20. The van der Waals surface area contributed by atoms with Gasteiger partial charge >= 0.3 is 0 Å². The first-order valence-electron chi connectivity index (χ1n) is 5.75. The molecule has 0 atom stereocenters. The van der Waals surface area contributed by atoms with Gasteiger partial charge in [0.05, 0.1) is 5.02 Å². The van der Waals surface area contributed by atoms with E-state index in [9.17, 15) is 0 Å². The number of rotatable bonds is 4. The van der Waals surface area contributed by atoms with Crippen molar-refractivity contribution in [1.82, 2.24) is 4.98 Å². The number of halogens is 2. The van der Waals surface area contributed by atoms with Crippen molar-refractivity contribution in [1.29, 1.82) is 0 Å². The zero-order chi connectivity index (χ0) is 11.4. The molecule has 1 aromatic rings. The summed E-state index contributed by atoms with van der Waals surface area (Å²) in [4.78, 5) is 6.69. The van der Waals surface area contributed by atoms with Crippen molar-refractivity contribution < 1.29 is 0 Å². The van der Waals surface area contributed by atoms with E-state index in [0.717, 1.165) is 12.4 Å². The van der Waals surface area contributed by atoms with Crippen molar-refractivity contribution in [2.75, 3.05) is 17.3 Å². The van der Waals surface area contributed by atoms with E-state index in [2.05, 4.69) is 9.88 Å². The molecular formula is C12H16Cl2N2. The van der Waals surface area contributed by atoms with Gasteiger partial charge < -0.3 is 4.90 Å². The molecule has 2 rings (SSSR count). The van der Waals surface area contributed by atoms with Crippen LogP contribution in [0.1, 0.15) is 25.7 Å². The molecule has 0 aliphatic heterocycles. The molecule has 0 radical (unpaired) electrons. The Morgan fingerprint density at radius 3 is 2.62 bits per heavy atom. The normalized spacial score (nSPS) is 16.6. The molecule has 2 nitrogen and oxygen atoms in total. The molecule has 1 heterocycles. The fourth-order valence-electron chi connectivity index (χ4n) is 2.33. The van der Waals surface area contributed by atoms with Crippen LogP contribution in [0.2, 0.25) is 5.02 Å². The summed E-state index contributed by atoms with van der Waals surface area (Å²) in [6.45, 7) is 0.862. The Hall–Kier alpha value is -0.470. The lowest BCUT2D eigenvalue weighted by Gasteiger charge is -2.29. The molecule has 0 saturated heterocycles. The minimum Gasteiger partial charge on any atom is -0.352 e. The van der Waals surface area contributed by atoms with Crippen molar-refractivity contribution in [3.8, 4) is 0 Å². The van der Waals surface area contributed by atoms with E-state index in [1.54, 1.807) is 6.20 Å². The maximum Gasteiger partial charge on any atom is 0.128 e. The lowest BCUT2D eigenvalue weighted by molar-refractivity contribution is 0.614. The van der Waals surface area contributed by atoms with Gasteiger partial charge in [-0.2, -0.15) is 0 Å². The van der Waals surface area contributed by atoms with Crippen LogP contribution in [0.4, 0.5) is 5.82 Å². The topological polar surface area (TPSA) is 16.1 Å². The second-order valence-electron chi connectivity index (χ2n) is 4.16. The second kappa shape index (κ2) is 5.74. The monoisotopic (exact) mass is 258 g/mol. The Balaban J connectivity index is 2.14. The van der Waals surface area contributed by atoms with Crippen molar-refractivity contribution in [3.05, 3.63) is 23.4 Å². The van der Waals surface area contributed by atoms with Crippen LogP contribution in [0.15, 0.2) is 18.3 Å². The van der Waals surface area contributed by atoms with Crippen molar-refractivity contribution >= 4 is 29.0 Å². The number of anilines is 1. The molecule has 0 bridgehead atoms. The van der Waals surface area contributed by atoms with Gasteiger partial charge in [0.15, 0.2) is 0 Å². The minimum atomic E-state index is 0.604. The minimum absolute atomic E-state index is 0.604. The average molecular weight is 259 g/mol. The summed E-state index contributed by atoms with van der Waals surface area (Å²) in [5, 5.41) is 0.681. The highest BCUT2D eigenvalue weighted by atomic mass is 35.5.